The van der Waals surface area contributed by atoms with Crippen LogP contribution in [0.1, 0.15) is 17.3 Å². The molecule has 1 atom stereocenters. The highest BCUT2D eigenvalue weighted by atomic mass is 35.5. The van der Waals surface area contributed by atoms with E-state index in [1.807, 2.05) is 0 Å². The Morgan fingerprint density at radius 1 is 1.14 bits per heavy atom. The molecule has 0 bridgehead atoms. The molecule has 29 heavy (non-hydrogen) atoms. The van der Waals surface area contributed by atoms with Gasteiger partial charge >= 0.3 is 0 Å². The van der Waals surface area contributed by atoms with Gasteiger partial charge in [-0.1, -0.05) is 18.5 Å². The highest BCUT2D eigenvalue weighted by Gasteiger charge is 2.42. The van der Waals surface area contributed by atoms with E-state index >= 15 is 0 Å². The van der Waals surface area contributed by atoms with E-state index in [4.69, 9.17) is 21.1 Å². The molecule has 0 aliphatic carbocycles. The van der Waals surface area contributed by atoms with Gasteiger partial charge in [0.25, 0.3) is 5.91 Å². The molecule has 0 radical (unpaired) electrons. The van der Waals surface area contributed by atoms with Gasteiger partial charge < -0.3 is 14.8 Å². The maximum atomic E-state index is 12.6. The number of amides is 2. The highest BCUT2D eigenvalue weighted by molar-refractivity contribution is 7.94. The number of sulfonamides is 1. The number of carbonyl (C=O) groups excluding carboxylic acids is 2. The topological polar surface area (TPSA) is 102 Å². The fourth-order valence-corrected chi connectivity index (χ4v) is 5.29. The molecule has 0 unspecified atom stereocenters. The summed E-state index contributed by atoms with van der Waals surface area (Å²) in [7, 11) is -3.75. The second-order valence-corrected chi connectivity index (χ2v) is 9.03. The van der Waals surface area contributed by atoms with Crippen molar-refractivity contribution >= 4 is 44.8 Å². The average molecular weight is 437 g/mol. The summed E-state index contributed by atoms with van der Waals surface area (Å²) in [5.74, 6) is -0.756. The third-order valence-electron chi connectivity index (χ3n) is 4.59. The second-order valence-electron chi connectivity index (χ2n) is 6.76. The number of hydrogen-bond donors (Lipinski definition) is 1. The monoisotopic (exact) mass is 436 g/mol. The molecule has 2 heterocycles. The van der Waals surface area contributed by atoms with Crippen LogP contribution in [0.4, 0.5) is 11.4 Å². The van der Waals surface area contributed by atoms with Gasteiger partial charge in [0.15, 0.2) is 11.5 Å². The molecule has 4 rings (SSSR count). The van der Waals surface area contributed by atoms with Gasteiger partial charge in [-0.2, -0.15) is 0 Å². The van der Waals surface area contributed by atoms with E-state index in [1.165, 1.54) is 18.2 Å². The lowest BCUT2D eigenvalue weighted by molar-refractivity contribution is -0.119. The molecule has 1 N–H and O–H groups in total. The van der Waals surface area contributed by atoms with Crippen molar-refractivity contribution in [1.82, 2.24) is 0 Å². The summed E-state index contributed by atoms with van der Waals surface area (Å²) in [5.41, 5.74) is 0.744. The zero-order valence-electron chi connectivity index (χ0n) is 15.3. The van der Waals surface area contributed by atoms with Crippen LogP contribution >= 0.6 is 11.6 Å². The Morgan fingerprint density at radius 2 is 1.86 bits per heavy atom. The molecule has 2 aromatic rings. The fourth-order valence-electron chi connectivity index (χ4n) is 3.22. The average Bonchev–Trinajstić information content (AvgIpc) is 2.88. The third kappa shape index (κ3) is 3.63. The largest absolute Gasteiger partial charge is 0.486 e. The Morgan fingerprint density at radius 3 is 2.52 bits per heavy atom. The van der Waals surface area contributed by atoms with Gasteiger partial charge in [0.1, 0.15) is 13.2 Å². The minimum atomic E-state index is -3.75. The van der Waals surface area contributed by atoms with Gasteiger partial charge in [-0.05, 0) is 30.3 Å². The van der Waals surface area contributed by atoms with Crippen LogP contribution in [-0.2, 0) is 14.8 Å². The minimum Gasteiger partial charge on any atom is -0.486 e. The summed E-state index contributed by atoms with van der Waals surface area (Å²) in [6.07, 6.45) is 0. The first-order valence-corrected chi connectivity index (χ1v) is 10.8. The van der Waals surface area contributed by atoms with Crippen LogP contribution in [0.15, 0.2) is 36.4 Å². The smallest absolute Gasteiger partial charge is 0.257 e. The molecule has 2 aliphatic rings. The Labute approximate surface area is 172 Å². The molecular formula is C19H17ClN2O6S. The molecule has 1 saturated heterocycles. The zero-order chi connectivity index (χ0) is 20.8. The third-order valence-corrected chi connectivity index (χ3v) is 6.77. The van der Waals surface area contributed by atoms with E-state index in [2.05, 4.69) is 5.32 Å². The van der Waals surface area contributed by atoms with Crippen LogP contribution in [0.2, 0.25) is 5.02 Å². The summed E-state index contributed by atoms with van der Waals surface area (Å²) < 4.78 is 36.1. The molecule has 1 fully saturated rings. The van der Waals surface area contributed by atoms with E-state index in [1.54, 1.807) is 25.1 Å². The SMILES string of the molecule is C[C@@H]1CS(=O)(=O)N(c2ccc(C(=O)Nc3ccc4c(c3)OCCO4)c(Cl)c2)C1=O. The van der Waals surface area contributed by atoms with Gasteiger partial charge in [-0.3, -0.25) is 9.59 Å². The van der Waals surface area contributed by atoms with Crippen molar-refractivity contribution in [2.75, 3.05) is 28.6 Å². The van der Waals surface area contributed by atoms with E-state index in [-0.39, 0.29) is 22.0 Å². The predicted molar refractivity (Wildman–Crippen MR) is 107 cm³/mol. The standard InChI is InChI=1S/C19H17ClN2O6S/c1-11-10-29(25,26)22(19(11)24)13-3-4-14(15(20)9-13)18(23)21-12-2-5-16-17(8-12)28-7-6-27-16/h2-5,8-9,11H,6-7,10H2,1H3,(H,21,23)/t11-/m1/s1. The normalized spacial score (nSPS) is 19.9. The van der Waals surface area contributed by atoms with Crippen LogP contribution in [0, 0.1) is 5.92 Å². The molecule has 0 spiro atoms. The van der Waals surface area contributed by atoms with Gasteiger partial charge in [0, 0.05) is 11.8 Å². The maximum absolute atomic E-state index is 12.6. The maximum Gasteiger partial charge on any atom is 0.257 e. The lowest BCUT2D eigenvalue weighted by Crippen LogP contribution is -2.30. The van der Waals surface area contributed by atoms with Crippen LogP contribution in [0.5, 0.6) is 11.5 Å². The molecule has 0 saturated carbocycles. The molecule has 0 aromatic heterocycles. The quantitative estimate of drug-likeness (QED) is 0.793. The van der Waals surface area contributed by atoms with Gasteiger partial charge in [0.2, 0.25) is 15.9 Å². The summed E-state index contributed by atoms with van der Waals surface area (Å²) in [6, 6.07) is 9.08. The zero-order valence-corrected chi connectivity index (χ0v) is 16.9. The molecular weight excluding hydrogens is 420 g/mol. The molecule has 2 aliphatic heterocycles. The lowest BCUT2D eigenvalue weighted by atomic mass is 10.1. The van der Waals surface area contributed by atoms with E-state index < -0.39 is 27.8 Å². The number of ether oxygens (including phenoxy) is 2. The van der Waals surface area contributed by atoms with Gasteiger partial charge in [-0.25, -0.2) is 12.7 Å². The van der Waals surface area contributed by atoms with Crippen molar-refractivity contribution in [2.45, 2.75) is 6.92 Å². The number of rotatable bonds is 3. The van der Waals surface area contributed by atoms with Crippen molar-refractivity contribution < 1.29 is 27.5 Å². The van der Waals surface area contributed by atoms with Gasteiger partial charge in [-0.15, -0.1) is 0 Å². The Hall–Kier alpha value is -2.78. The number of nitrogens with one attached hydrogen (secondary N) is 1. The highest BCUT2D eigenvalue weighted by Crippen LogP contribution is 2.34. The fraction of sp³-hybridized carbons (Fsp3) is 0.263. The molecule has 2 aromatic carbocycles. The first-order valence-electron chi connectivity index (χ1n) is 8.83. The van der Waals surface area contributed by atoms with Crippen LogP contribution < -0.4 is 19.1 Å². The molecule has 2 amide bonds. The number of hydrogen-bond acceptors (Lipinski definition) is 6. The molecule has 152 valence electrons. The van der Waals surface area contributed by atoms with Crippen molar-refractivity contribution in [3.8, 4) is 11.5 Å². The number of carbonyl (C=O) groups is 2. The number of nitrogens with zero attached hydrogens (tertiary/aromatic N) is 1. The Bertz CT molecular complexity index is 1120. The second kappa shape index (κ2) is 7.23. The Balaban J connectivity index is 1.57. The number of fused-ring (bicyclic) bond motifs is 1. The molecule has 10 heteroatoms. The van der Waals surface area contributed by atoms with Crippen molar-refractivity contribution in [1.29, 1.82) is 0 Å². The van der Waals surface area contributed by atoms with Crippen LogP contribution in [-0.4, -0.2) is 39.2 Å². The van der Waals surface area contributed by atoms with E-state index in [9.17, 15) is 18.0 Å². The summed E-state index contributed by atoms with van der Waals surface area (Å²) >= 11 is 6.22. The van der Waals surface area contributed by atoms with E-state index in [0.717, 1.165) is 4.31 Å². The van der Waals surface area contributed by atoms with Crippen molar-refractivity contribution in [3.63, 3.8) is 0 Å². The summed E-state index contributed by atoms with van der Waals surface area (Å²) in [4.78, 5) is 24.8. The Kier molecular flexibility index (Phi) is 4.87. The van der Waals surface area contributed by atoms with Gasteiger partial charge in [0.05, 0.1) is 27.9 Å². The lowest BCUT2D eigenvalue weighted by Gasteiger charge is -2.19. The number of benzene rings is 2. The predicted octanol–water partition coefficient (Wildman–Crippen LogP) is 2.68. The minimum absolute atomic E-state index is 0.0279. The molecule has 8 nitrogen and oxygen atoms in total. The summed E-state index contributed by atoms with van der Waals surface area (Å²) in [6.45, 7) is 2.44. The summed E-state index contributed by atoms with van der Waals surface area (Å²) in [5, 5.41) is 2.74. The number of anilines is 2. The van der Waals surface area contributed by atoms with Crippen LogP contribution in [0.3, 0.4) is 0 Å². The first kappa shape index (κ1) is 19.5. The van der Waals surface area contributed by atoms with E-state index in [0.29, 0.717) is 30.4 Å². The van der Waals surface area contributed by atoms with Crippen LogP contribution in [0.25, 0.3) is 0 Å². The first-order chi connectivity index (χ1) is 13.8. The van der Waals surface area contributed by atoms with Crippen molar-refractivity contribution in [2.24, 2.45) is 5.92 Å². The van der Waals surface area contributed by atoms with Crippen molar-refractivity contribution in [3.05, 3.63) is 47.0 Å². The number of halogens is 1.